The minimum Gasteiger partial charge on any atom is -0.485 e. The average molecular weight is 403 g/mol. The molecule has 2 aliphatic rings. The number of amides is 2. The van der Waals surface area contributed by atoms with E-state index in [0.717, 1.165) is 16.7 Å². The molecule has 0 spiro atoms. The Morgan fingerprint density at radius 3 is 2.37 bits per heavy atom. The van der Waals surface area contributed by atoms with Crippen LogP contribution in [0.1, 0.15) is 41.3 Å². The third kappa shape index (κ3) is 3.67. The van der Waals surface area contributed by atoms with E-state index in [1.165, 1.54) is 4.90 Å². The molecule has 2 atom stereocenters. The van der Waals surface area contributed by atoms with Crippen molar-refractivity contribution in [1.82, 2.24) is 0 Å². The molecule has 1 aliphatic heterocycles. The summed E-state index contributed by atoms with van der Waals surface area (Å²) in [7, 11) is 0. The van der Waals surface area contributed by atoms with E-state index in [2.05, 4.69) is 6.08 Å². The van der Waals surface area contributed by atoms with Crippen LogP contribution < -0.4 is 9.64 Å². The Hall–Kier alpha value is -3.21. The lowest BCUT2D eigenvalue weighted by Crippen LogP contribution is -2.30. The number of benzene rings is 2. The number of ketones is 1. The number of allylic oxidation sites excluding steroid dienone is 2. The molecule has 1 heterocycles. The fourth-order valence-electron chi connectivity index (χ4n) is 4.13. The number of hydrogen-bond donors (Lipinski definition) is 0. The second-order valence-electron chi connectivity index (χ2n) is 8.22. The van der Waals surface area contributed by atoms with E-state index in [0.29, 0.717) is 29.8 Å². The lowest BCUT2D eigenvalue weighted by atomic mass is 9.82. The Balaban J connectivity index is 1.42. The molecule has 1 fully saturated rings. The lowest BCUT2D eigenvalue weighted by Gasteiger charge is -2.18. The Morgan fingerprint density at radius 1 is 0.967 bits per heavy atom. The van der Waals surface area contributed by atoms with Gasteiger partial charge in [-0.3, -0.25) is 19.3 Å². The van der Waals surface area contributed by atoms with Gasteiger partial charge in [0.15, 0.2) is 12.4 Å². The molecule has 1 saturated heterocycles. The van der Waals surface area contributed by atoms with Crippen molar-refractivity contribution in [2.24, 2.45) is 11.8 Å². The summed E-state index contributed by atoms with van der Waals surface area (Å²) in [4.78, 5) is 39.3. The Kier molecular flexibility index (Phi) is 5.29. The van der Waals surface area contributed by atoms with Crippen LogP contribution in [-0.2, 0) is 9.59 Å². The average Bonchev–Trinajstić information content (AvgIpc) is 2.98. The zero-order chi connectivity index (χ0) is 21.4. The van der Waals surface area contributed by atoms with Crippen molar-refractivity contribution in [2.75, 3.05) is 11.5 Å². The number of carbonyl (C=O) groups excluding carboxylic acids is 3. The van der Waals surface area contributed by atoms with Crippen molar-refractivity contribution < 1.29 is 19.1 Å². The zero-order valence-corrected chi connectivity index (χ0v) is 17.5. The molecule has 154 valence electrons. The normalized spacial score (nSPS) is 20.8. The number of aryl methyl sites for hydroxylation is 2. The first-order valence-corrected chi connectivity index (χ1v) is 10.2. The van der Waals surface area contributed by atoms with Gasteiger partial charge in [-0.1, -0.05) is 23.8 Å². The number of rotatable bonds is 5. The fourth-order valence-corrected chi connectivity index (χ4v) is 4.13. The van der Waals surface area contributed by atoms with Crippen LogP contribution in [0.4, 0.5) is 5.69 Å². The van der Waals surface area contributed by atoms with Gasteiger partial charge in [0.1, 0.15) is 5.75 Å². The first kappa shape index (κ1) is 20.1. The molecule has 30 heavy (non-hydrogen) atoms. The van der Waals surface area contributed by atoms with Crippen LogP contribution in [0.15, 0.2) is 54.1 Å². The van der Waals surface area contributed by atoms with Crippen LogP contribution in [0.2, 0.25) is 0 Å². The van der Waals surface area contributed by atoms with Crippen molar-refractivity contribution in [3.8, 4) is 5.75 Å². The molecule has 0 saturated carbocycles. The molecule has 0 radical (unpaired) electrons. The van der Waals surface area contributed by atoms with Crippen molar-refractivity contribution in [3.05, 3.63) is 70.8 Å². The van der Waals surface area contributed by atoms with Gasteiger partial charge in [-0.2, -0.15) is 0 Å². The maximum atomic E-state index is 12.8. The minimum absolute atomic E-state index is 0.0709. The predicted octanol–water partition coefficient (Wildman–Crippen LogP) is 4.41. The number of hydrogen-bond acceptors (Lipinski definition) is 4. The van der Waals surface area contributed by atoms with Crippen LogP contribution in [0.5, 0.6) is 5.75 Å². The highest BCUT2D eigenvalue weighted by molar-refractivity contribution is 6.22. The van der Waals surface area contributed by atoms with Crippen molar-refractivity contribution in [1.29, 1.82) is 0 Å². The van der Waals surface area contributed by atoms with Crippen molar-refractivity contribution >= 4 is 23.3 Å². The van der Waals surface area contributed by atoms with Gasteiger partial charge in [-0.05, 0) is 75.1 Å². The third-order valence-corrected chi connectivity index (χ3v) is 6.12. The third-order valence-electron chi connectivity index (χ3n) is 6.12. The van der Waals surface area contributed by atoms with E-state index in [9.17, 15) is 14.4 Å². The lowest BCUT2D eigenvalue weighted by molar-refractivity contribution is -0.122. The minimum atomic E-state index is -0.257. The monoisotopic (exact) mass is 403 g/mol. The Labute approximate surface area is 176 Å². The van der Waals surface area contributed by atoms with Crippen molar-refractivity contribution in [2.45, 2.75) is 33.6 Å². The van der Waals surface area contributed by atoms with E-state index >= 15 is 0 Å². The van der Waals surface area contributed by atoms with E-state index in [-0.39, 0.29) is 36.0 Å². The van der Waals surface area contributed by atoms with Gasteiger partial charge in [0, 0.05) is 5.56 Å². The first-order valence-electron chi connectivity index (χ1n) is 10.2. The Morgan fingerprint density at radius 2 is 1.67 bits per heavy atom. The smallest absolute Gasteiger partial charge is 0.238 e. The molecule has 2 amide bonds. The number of ether oxygens (including phenoxy) is 1. The second kappa shape index (κ2) is 7.90. The van der Waals surface area contributed by atoms with E-state index in [1.807, 2.05) is 32.9 Å². The summed E-state index contributed by atoms with van der Waals surface area (Å²) >= 11 is 0. The molecule has 0 unspecified atom stereocenters. The van der Waals surface area contributed by atoms with Gasteiger partial charge >= 0.3 is 0 Å². The number of anilines is 1. The van der Waals surface area contributed by atoms with Gasteiger partial charge < -0.3 is 4.74 Å². The van der Waals surface area contributed by atoms with E-state index in [4.69, 9.17) is 4.74 Å². The summed E-state index contributed by atoms with van der Waals surface area (Å²) in [5.74, 6) is -0.353. The number of nitrogens with zero attached hydrogens (tertiary/aromatic N) is 1. The van der Waals surface area contributed by atoms with Gasteiger partial charge in [0.2, 0.25) is 11.8 Å². The highest BCUT2D eigenvalue weighted by atomic mass is 16.5. The van der Waals surface area contributed by atoms with Gasteiger partial charge in [0.25, 0.3) is 0 Å². The van der Waals surface area contributed by atoms with Gasteiger partial charge in [-0.15, -0.1) is 0 Å². The fraction of sp³-hybridized carbons (Fsp3) is 0.320. The molecule has 0 aromatic heterocycles. The molecule has 1 aliphatic carbocycles. The number of carbonyl (C=O) groups is 3. The zero-order valence-electron chi connectivity index (χ0n) is 17.5. The van der Waals surface area contributed by atoms with E-state index in [1.54, 1.807) is 30.3 Å². The number of fused-ring (bicyclic) bond motifs is 1. The van der Waals surface area contributed by atoms with Crippen LogP contribution in [0.3, 0.4) is 0 Å². The standard InChI is InChI=1S/C25H25NO4/c1-15-4-11-21-22(12-15)25(29)26(24(21)28)19-7-9-20(10-8-19)30-14-23(27)18-6-5-16(2)17(3)13-18/h4-10,13,21-22H,11-12,14H2,1-3H3/t21-,22+/m0/s1. The van der Waals surface area contributed by atoms with Crippen LogP contribution >= 0.6 is 0 Å². The van der Waals surface area contributed by atoms with Crippen LogP contribution in [0.25, 0.3) is 0 Å². The summed E-state index contributed by atoms with van der Waals surface area (Å²) in [6.07, 6.45) is 3.33. The van der Waals surface area contributed by atoms with E-state index < -0.39 is 0 Å². The first-order chi connectivity index (χ1) is 14.3. The maximum absolute atomic E-state index is 12.8. The van der Waals surface area contributed by atoms with Crippen LogP contribution in [-0.4, -0.2) is 24.2 Å². The molecule has 0 bridgehead atoms. The Bertz CT molecular complexity index is 1050. The maximum Gasteiger partial charge on any atom is 0.238 e. The quantitative estimate of drug-likeness (QED) is 0.421. The summed E-state index contributed by atoms with van der Waals surface area (Å²) < 4.78 is 5.63. The summed E-state index contributed by atoms with van der Waals surface area (Å²) in [5, 5.41) is 0. The second-order valence-corrected chi connectivity index (χ2v) is 8.22. The largest absolute Gasteiger partial charge is 0.485 e. The highest BCUT2D eigenvalue weighted by Crippen LogP contribution is 2.39. The van der Waals surface area contributed by atoms with Gasteiger partial charge in [0.05, 0.1) is 17.5 Å². The van der Waals surface area contributed by atoms with Gasteiger partial charge in [-0.25, -0.2) is 0 Å². The summed E-state index contributed by atoms with van der Waals surface area (Å²) in [6.45, 7) is 5.91. The molecule has 5 nitrogen and oxygen atoms in total. The summed E-state index contributed by atoms with van der Waals surface area (Å²) in [6, 6.07) is 12.4. The molecular weight excluding hydrogens is 378 g/mol. The number of Topliss-reactive ketones (excluding diaryl/α,β-unsaturated/α-hetero) is 1. The molecule has 4 rings (SSSR count). The number of imide groups is 1. The molecule has 5 heteroatoms. The highest BCUT2D eigenvalue weighted by Gasteiger charge is 2.48. The molecule has 2 aromatic carbocycles. The topological polar surface area (TPSA) is 63.7 Å². The summed E-state index contributed by atoms with van der Waals surface area (Å²) in [5.41, 5.74) is 4.53. The predicted molar refractivity (Wildman–Crippen MR) is 115 cm³/mol. The van der Waals surface area contributed by atoms with Crippen molar-refractivity contribution in [3.63, 3.8) is 0 Å². The van der Waals surface area contributed by atoms with Crippen LogP contribution in [0, 0.1) is 25.7 Å². The molecular formula is C25H25NO4. The SMILES string of the molecule is CC1=CC[C@@H]2C(=O)N(c3ccc(OCC(=O)c4ccc(C)c(C)c4)cc3)C(=O)[C@@H]2C1. The molecule has 2 aromatic rings. The molecule has 0 N–H and O–H groups in total.